The lowest BCUT2D eigenvalue weighted by Crippen LogP contribution is -2.33. The molecule has 0 amide bonds. The quantitative estimate of drug-likeness (QED) is 0.594. The molecule has 6 nitrogen and oxygen atoms in total. The summed E-state index contributed by atoms with van der Waals surface area (Å²) in [7, 11) is -0.746. The van der Waals surface area contributed by atoms with Gasteiger partial charge in [0.15, 0.2) is 0 Å². The van der Waals surface area contributed by atoms with E-state index in [-0.39, 0.29) is 12.2 Å². The third-order valence-electron chi connectivity index (χ3n) is 2.47. The van der Waals surface area contributed by atoms with Gasteiger partial charge in [-0.25, -0.2) is 0 Å². The van der Waals surface area contributed by atoms with Crippen LogP contribution in [0.2, 0.25) is 6.04 Å². The van der Waals surface area contributed by atoms with E-state index in [1.807, 2.05) is 13.8 Å². The first kappa shape index (κ1) is 18.1. The Bertz CT molecular complexity index is 267. The predicted octanol–water partition coefficient (Wildman–Crippen LogP) is 1.16. The number of hydrogen-bond acceptors (Lipinski definition) is 6. The monoisotopic (exact) mass is 292 g/mol. The molecule has 0 aromatic carbocycles. The van der Waals surface area contributed by atoms with Crippen molar-refractivity contribution in [3.05, 3.63) is 0 Å². The van der Waals surface area contributed by atoms with Gasteiger partial charge >= 0.3 is 9.28 Å². The van der Waals surface area contributed by atoms with Gasteiger partial charge in [0.1, 0.15) is 0 Å². The first-order valence-corrected chi connectivity index (χ1v) is 8.13. The lowest BCUT2D eigenvalue weighted by atomic mass is 10.3. The van der Waals surface area contributed by atoms with Crippen molar-refractivity contribution in [2.75, 3.05) is 13.7 Å². The third kappa shape index (κ3) is 9.63. The molecule has 2 unspecified atom stereocenters. The number of rotatable bonds is 9. The van der Waals surface area contributed by atoms with Crippen molar-refractivity contribution in [2.45, 2.75) is 52.4 Å². The smallest absolute Gasteiger partial charge is 0.450 e. The summed E-state index contributed by atoms with van der Waals surface area (Å²) in [5.41, 5.74) is 0. The van der Waals surface area contributed by atoms with E-state index in [2.05, 4.69) is 0 Å². The Balaban J connectivity index is 4.32. The minimum Gasteiger partial charge on any atom is -0.487 e. The van der Waals surface area contributed by atoms with Crippen LogP contribution < -0.4 is 0 Å². The van der Waals surface area contributed by atoms with E-state index in [0.717, 1.165) is 6.42 Å². The molecule has 0 fully saturated rings. The Kier molecular flexibility index (Phi) is 9.45. The number of ether oxygens (including phenoxy) is 2. The SMILES string of the molecule is CCC(C[SiH](OC(C)=O)OC(C)=O)OCC(C)OC. The molecule has 0 aromatic rings. The highest BCUT2D eigenvalue weighted by molar-refractivity contribution is 6.48. The molecule has 0 spiro atoms. The average molecular weight is 292 g/mol. The van der Waals surface area contributed by atoms with Gasteiger partial charge in [-0.05, 0) is 13.3 Å². The molecule has 0 aliphatic carbocycles. The summed E-state index contributed by atoms with van der Waals surface area (Å²) in [4.78, 5) is 22.0. The maximum atomic E-state index is 11.0. The third-order valence-corrected chi connectivity index (χ3v) is 4.57. The van der Waals surface area contributed by atoms with Crippen LogP contribution in [0.25, 0.3) is 0 Å². The second kappa shape index (κ2) is 9.94. The van der Waals surface area contributed by atoms with Crippen LogP contribution >= 0.6 is 0 Å². The van der Waals surface area contributed by atoms with Crippen molar-refractivity contribution in [3.63, 3.8) is 0 Å². The molecular weight excluding hydrogens is 268 g/mol. The first-order valence-electron chi connectivity index (χ1n) is 6.37. The molecule has 0 aromatic heterocycles. The van der Waals surface area contributed by atoms with Gasteiger partial charge in [0.05, 0.1) is 18.8 Å². The molecule has 0 aliphatic rings. The number of carbonyl (C=O) groups is 2. The Morgan fingerprint density at radius 3 is 2.05 bits per heavy atom. The van der Waals surface area contributed by atoms with Gasteiger partial charge in [0, 0.05) is 27.0 Å². The van der Waals surface area contributed by atoms with Crippen molar-refractivity contribution in [1.29, 1.82) is 0 Å². The van der Waals surface area contributed by atoms with E-state index >= 15 is 0 Å². The molecule has 0 radical (unpaired) electrons. The molecule has 0 bridgehead atoms. The molecule has 0 saturated heterocycles. The van der Waals surface area contributed by atoms with E-state index in [4.69, 9.17) is 18.3 Å². The van der Waals surface area contributed by atoms with Gasteiger partial charge in [-0.3, -0.25) is 9.59 Å². The van der Waals surface area contributed by atoms with Gasteiger partial charge in [-0.1, -0.05) is 6.92 Å². The Morgan fingerprint density at radius 1 is 1.16 bits per heavy atom. The highest BCUT2D eigenvalue weighted by atomic mass is 28.3. The zero-order valence-corrected chi connectivity index (χ0v) is 13.5. The molecule has 0 heterocycles. The van der Waals surface area contributed by atoms with Crippen LogP contribution in [0.1, 0.15) is 34.1 Å². The summed E-state index contributed by atoms with van der Waals surface area (Å²) < 4.78 is 20.9. The minimum absolute atomic E-state index is 0.00313. The van der Waals surface area contributed by atoms with Gasteiger partial charge in [-0.2, -0.15) is 0 Å². The van der Waals surface area contributed by atoms with Gasteiger partial charge in [-0.15, -0.1) is 0 Å². The number of methoxy groups -OCH3 is 1. The Morgan fingerprint density at radius 2 is 1.68 bits per heavy atom. The van der Waals surface area contributed by atoms with Crippen LogP contribution in [0.15, 0.2) is 0 Å². The Hall–Kier alpha value is -0.923. The standard InChI is InChI=1S/C12H24O6Si/c1-6-12(16-7-9(2)15-5)8-19(17-10(3)13)18-11(4)14/h9,12,19H,6-8H2,1-5H3. The van der Waals surface area contributed by atoms with Crippen molar-refractivity contribution in [1.82, 2.24) is 0 Å². The lowest BCUT2D eigenvalue weighted by Gasteiger charge is -2.22. The van der Waals surface area contributed by atoms with Crippen molar-refractivity contribution in [2.24, 2.45) is 0 Å². The summed E-state index contributed by atoms with van der Waals surface area (Å²) in [6.45, 7) is 6.93. The molecule has 0 aliphatic heterocycles. The fourth-order valence-electron chi connectivity index (χ4n) is 1.40. The highest BCUT2D eigenvalue weighted by Crippen LogP contribution is 2.11. The molecule has 7 heteroatoms. The highest BCUT2D eigenvalue weighted by Gasteiger charge is 2.25. The van der Waals surface area contributed by atoms with Crippen molar-refractivity contribution >= 4 is 21.2 Å². The first-order chi connectivity index (χ1) is 8.88. The topological polar surface area (TPSA) is 71.1 Å². The van der Waals surface area contributed by atoms with Gasteiger partial charge in [0.25, 0.3) is 11.9 Å². The summed E-state index contributed by atoms with van der Waals surface area (Å²) in [6.07, 6.45) is 0.646. The minimum atomic E-state index is -2.36. The molecule has 19 heavy (non-hydrogen) atoms. The van der Waals surface area contributed by atoms with Crippen LogP contribution in [0.4, 0.5) is 0 Å². The van der Waals surface area contributed by atoms with Crippen LogP contribution in [-0.4, -0.2) is 47.1 Å². The number of hydrogen-bond donors (Lipinski definition) is 0. The van der Waals surface area contributed by atoms with Crippen LogP contribution in [-0.2, 0) is 27.9 Å². The zero-order chi connectivity index (χ0) is 14.8. The van der Waals surface area contributed by atoms with E-state index in [1.54, 1.807) is 7.11 Å². The molecule has 0 saturated carbocycles. The fraction of sp³-hybridized carbons (Fsp3) is 0.833. The molecule has 2 atom stereocenters. The second-order valence-electron chi connectivity index (χ2n) is 4.29. The van der Waals surface area contributed by atoms with E-state index < -0.39 is 21.2 Å². The fourth-order valence-corrected chi connectivity index (χ4v) is 3.28. The Labute approximate surface area is 116 Å². The van der Waals surface area contributed by atoms with Crippen molar-refractivity contribution in [3.8, 4) is 0 Å². The number of carbonyl (C=O) groups excluding carboxylic acids is 2. The average Bonchev–Trinajstić information content (AvgIpc) is 2.32. The van der Waals surface area contributed by atoms with E-state index in [1.165, 1.54) is 13.8 Å². The second-order valence-corrected chi connectivity index (χ2v) is 6.10. The maximum absolute atomic E-state index is 11.0. The summed E-state index contributed by atoms with van der Waals surface area (Å²) >= 11 is 0. The largest absolute Gasteiger partial charge is 0.487 e. The predicted molar refractivity (Wildman–Crippen MR) is 72.0 cm³/mol. The summed E-state index contributed by atoms with van der Waals surface area (Å²) in [5, 5.41) is 0. The zero-order valence-electron chi connectivity index (χ0n) is 12.3. The lowest BCUT2D eigenvalue weighted by molar-refractivity contribution is -0.137. The normalized spacial score (nSPS) is 14.0. The van der Waals surface area contributed by atoms with Gasteiger partial charge in [0.2, 0.25) is 0 Å². The van der Waals surface area contributed by atoms with Crippen LogP contribution in [0, 0.1) is 0 Å². The van der Waals surface area contributed by atoms with Gasteiger partial charge < -0.3 is 18.3 Å². The maximum Gasteiger partial charge on any atom is 0.450 e. The van der Waals surface area contributed by atoms with Crippen LogP contribution in [0.3, 0.4) is 0 Å². The van der Waals surface area contributed by atoms with Crippen molar-refractivity contribution < 1.29 is 27.9 Å². The van der Waals surface area contributed by atoms with Crippen LogP contribution in [0.5, 0.6) is 0 Å². The molecule has 112 valence electrons. The molecular formula is C12H24O6Si. The summed E-state index contributed by atoms with van der Waals surface area (Å²) in [6, 6.07) is 0.450. The van der Waals surface area contributed by atoms with E-state index in [9.17, 15) is 9.59 Å². The molecule has 0 rings (SSSR count). The summed E-state index contributed by atoms with van der Waals surface area (Å²) in [5.74, 6) is -0.865. The van der Waals surface area contributed by atoms with E-state index in [0.29, 0.717) is 12.7 Å². The molecule has 0 N–H and O–H groups in total.